The first-order valence-electron chi connectivity index (χ1n) is 14.7. The summed E-state index contributed by atoms with van der Waals surface area (Å²) >= 11 is 1.33. The van der Waals surface area contributed by atoms with Gasteiger partial charge in [0.05, 0.1) is 24.4 Å². The minimum Gasteiger partial charge on any atom is -0.478 e. The lowest BCUT2D eigenvalue weighted by atomic mass is 9.91. The number of hydrogen-bond acceptors (Lipinski definition) is 8. The van der Waals surface area contributed by atoms with E-state index >= 15 is 0 Å². The predicted molar refractivity (Wildman–Crippen MR) is 167 cm³/mol. The molecular weight excluding hydrogens is 582 g/mol. The minimum absolute atomic E-state index is 0.0560. The molecule has 4 N–H and O–H groups in total. The van der Waals surface area contributed by atoms with E-state index < -0.39 is 12.3 Å². The van der Waals surface area contributed by atoms with E-state index in [1.165, 1.54) is 24.8 Å². The summed E-state index contributed by atoms with van der Waals surface area (Å²) in [5, 5.41) is 25.2. The average molecular weight is 622 g/mol. The molecule has 3 aromatic rings. The molecule has 1 aliphatic rings. The van der Waals surface area contributed by atoms with Crippen molar-refractivity contribution in [3.8, 4) is 0 Å². The van der Waals surface area contributed by atoms with E-state index in [0.717, 1.165) is 29.5 Å². The van der Waals surface area contributed by atoms with Gasteiger partial charge in [-0.25, -0.2) is 9.78 Å². The number of carboxylic acid groups (broad SMARTS) is 1. The fourth-order valence-electron chi connectivity index (χ4n) is 4.98. The zero-order valence-electron chi connectivity index (χ0n) is 24.9. The Morgan fingerprint density at radius 1 is 0.977 bits per heavy atom. The van der Waals surface area contributed by atoms with E-state index in [4.69, 9.17) is 9.47 Å². The van der Waals surface area contributed by atoms with Crippen LogP contribution in [0.25, 0.3) is 0 Å². The van der Waals surface area contributed by atoms with E-state index in [-0.39, 0.29) is 42.1 Å². The van der Waals surface area contributed by atoms with Crippen LogP contribution in [0, 0.1) is 5.92 Å². The summed E-state index contributed by atoms with van der Waals surface area (Å²) < 4.78 is 13.0. The fraction of sp³-hybridized carbons (Fsp3) is 0.394. The third kappa shape index (κ3) is 9.36. The molecule has 2 amide bonds. The van der Waals surface area contributed by atoms with Gasteiger partial charge in [0, 0.05) is 49.0 Å². The van der Waals surface area contributed by atoms with Crippen LogP contribution in [-0.4, -0.2) is 51.4 Å². The van der Waals surface area contributed by atoms with Crippen molar-refractivity contribution >= 4 is 35.2 Å². The maximum atomic E-state index is 12.6. The van der Waals surface area contributed by atoms with E-state index in [1.807, 2.05) is 55.5 Å². The molecule has 4 atom stereocenters. The number of thioether (sulfide) groups is 1. The number of benzene rings is 2. The number of ether oxygens (including phenoxy) is 2. The van der Waals surface area contributed by atoms with Crippen molar-refractivity contribution in [2.75, 3.05) is 17.6 Å². The Kier molecular flexibility index (Phi) is 12.3. The molecule has 2 heterocycles. The number of carboxylic acids is 1. The molecule has 4 rings (SSSR count). The van der Waals surface area contributed by atoms with Gasteiger partial charge in [0.1, 0.15) is 5.03 Å². The van der Waals surface area contributed by atoms with Crippen LogP contribution in [0.15, 0.2) is 71.9 Å². The number of pyridine rings is 1. The van der Waals surface area contributed by atoms with Crippen LogP contribution in [0.2, 0.25) is 0 Å². The number of carbonyl (C=O) groups is 3. The van der Waals surface area contributed by atoms with E-state index in [0.29, 0.717) is 35.9 Å². The monoisotopic (exact) mass is 621 g/mol. The average Bonchev–Trinajstić information content (AvgIpc) is 3.02. The van der Waals surface area contributed by atoms with E-state index in [9.17, 15) is 24.6 Å². The number of nitrogens with one attached hydrogen (secondary N) is 2. The van der Waals surface area contributed by atoms with Crippen molar-refractivity contribution in [1.29, 1.82) is 0 Å². The molecule has 1 saturated heterocycles. The maximum absolute atomic E-state index is 12.6. The van der Waals surface area contributed by atoms with Crippen molar-refractivity contribution in [3.05, 3.63) is 89.1 Å². The Morgan fingerprint density at radius 2 is 1.77 bits per heavy atom. The van der Waals surface area contributed by atoms with Crippen molar-refractivity contribution in [2.24, 2.45) is 5.92 Å². The minimum atomic E-state index is -1.04. The summed E-state index contributed by atoms with van der Waals surface area (Å²) in [5.41, 5.74) is 3.24. The summed E-state index contributed by atoms with van der Waals surface area (Å²) in [4.78, 5) is 39.6. The first kappa shape index (κ1) is 33.1. The number of aromatic nitrogens is 1. The Morgan fingerprint density at radius 3 is 2.50 bits per heavy atom. The highest BCUT2D eigenvalue weighted by molar-refractivity contribution is 7.99. The largest absolute Gasteiger partial charge is 0.478 e. The highest BCUT2D eigenvalue weighted by atomic mass is 32.2. The summed E-state index contributed by atoms with van der Waals surface area (Å²) in [5.74, 6) is -0.836. The fourth-order valence-corrected chi connectivity index (χ4v) is 6.13. The van der Waals surface area contributed by atoms with Gasteiger partial charge in [0.25, 0.3) is 0 Å². The normalized spacial score (nSPS) is 19.7. The zero-order valence-corrected chi connectivity index (χ0v) is 25.7. The molecule has 0 saturated carbocycles. The Bertz CT molecular complexity index is 1420. The highest BCUT2D eigenvalue weighted by Crippen LogP contribution is 2.43. The molecule has 0 spiro atoms. The first-order chi connectivity index (χ1) is 21.2. The van der Waals surface area contributed by atoms with Crippen LogP contribution in [0.4, 0.5) is 5.69 Å². The van der Waals surface area contributed by atoms with Gasteiger partial charge in [-0.1, -0.05) is 49.7 Å². The van der Waals surface area contributed by atoms with Crippen LogP contribution in [-0.2, 0) is 25.7 Å². The SMILES string of the molecule is CC(=O)NCCCCCC(=O)Nc1cccc([C@@H]2O[C@H](CSc3ncccc3C(=O)O)[C@H](C)[C@H](c3ccc(CO)cc3)O2)c1. The molecule has 1 aromatic heterocycles. The summed E-state index contributed by atoms with van der Waals surface area (Å²) in [7, 11) is 0. The molecule has 234 valence electrons. The number of amides is 2. The van der Waals surface area contributed by atoms with Crippen molar-refractivity contribution in [3.63, 3.8) is 0 Å². The number of nitrogens with zero attached hydrogens (tertiary/aromatic N) is 1. The number of rotatable bonds is 14. The maximum Gasteiger partial charge on any atom is 0.338 e. The lowest BCUT2D eigenvalue weighted by molar-refractivity contribution is -0.268. The van der Waals surface area contributed by atoms with Gasteiger partial charge in [-0.15, -0.1) is 11.8 Å². The predicted octanol–water partition coefficient (Wildman–Crippen LogP) is 5.49. The number of carbonyl (C=O) groups excluding carboxylic acids is 2. The molecule has 0 unspecified atom stereocenters. The standard InChI is InChI=1S/C33H39N3O7S/c1-21-28(20-44-31-27(32(40)41)10-7-17-35-31)42-33(43-30(21)24-14-12-23(19-37)13-15-24)25-8-6-9-26(18-25)36-29(39)11-4-3-5-16-34-22(2)38/h6-10,12-15,17-18,21,28,30,33,37H,3-5,11,16,19-20H2,1-2H3,(H,34,38)(H,36,39)(H,40,41)/t21-,28+,30+,33+/m0/s1. The molecule has 0 bridgehead atoms. The molecule has 11 heteroatoms. The van der Waals surface area contributed by atoms with E-state index in [2.05, 4.69) is 15.6 Å². The van der Waals surface area contributed by atoms with Crippen molar-refractivity contribution < 1.29 is 34.1 Å². The highest BCUT2D eigenvalue weighted by Gasteiger charge is 2.38. The van der Waals surface area contributed by atoms with Crippen LogP contribution in [0.5, 0.6) is 0 Å². The zero-order chi connectivity index (χ0) is 31.5. The third-order valence-electron chi connectivity index (χ3n) is 7.41. The van der Waals surface area contributed by atoms with Gasteiger partial charge in [-0.05, 0) is 48.2 Å². The summed E-state index contributed by atoms with van der Waals surface area (Å²) in [6, 6.07) is 18.1. The second-order valence-corrected chi connectivity index (χ2v) is 11.8. The quantitative estimate of drug-likeness (QED) is 0.135. The molecule has 2 aromatic carbocycles. The van der Waals surface area contributed by atoms with Gasteiger partial charge < -0.3 is 30.3 Å². The lowest BCUT2D eigenvalue weighted by Crippen LogP contribution is -2.38. The third-order valence-corrected chi connectivity index (χ3v) is 8.50. The van der Waals surface area contributed by atoms with E-state index in [1.54, 1.807) is 12.3 Å². The summed E-state index contributed by atoms with van der Waals surface area (Å²) in [6.45, 7) is 4.07. The summed E-state index contributed by atoms with van der Waals surface area (Å²) in [6.07, 6.45) is 2.91. The second kappa shape index (κ2) is 16.3. The Labute approximate surface area is 261 Å². The molecule has 1 fully saturated rings. The number of anilines is 1. The first-order valence-corrected chi connectivity index (χ1v) is 15.7. The smallest absolute Gasteiger partial charge is 0.338 e. The van der Waals surface area contributed by atoms with Gasteiger partial charge in [0.2, 0.25) is 11.8 Å². The molecular formula is C33H39N3O7S. The number of unbranched alkanes of at least 4 members (excludes halogenated alkanes) is 2. The molecule has 10 nitrogen and oxygen atoms in total. The van der Waals surface area contributed by atoms with Crippen LogP contribution < -0.4 is 10.6 Å². The number of aromatic carboxylic acids is 1. The molecule has 44 heavy (non-hydrogen) atoms. The number of aliphatic hydroxyl groups is 1. The number of aliphatic hydroxyl groups excluding tert-OH is 1. The van der Waals surface area contributed by atoms with Gasteiger partial charge >= 0.3 is 5.97 Å². The molecule has 0 radical (unpaired) electrons. The van der Waals surface area contributed by atoms with Gasteiger partial charge in [-0.2, -0.15) is 0 Å². The van der Waals surface area contributed by atoms with Crippen molar-refractivity contribution in [1.82, 2.24) is 10.3 Å². The second-order valence-electron chi connectivity index (χ2n) is 10.8. The van der Waals surface area contributed by atoms with Crippen LogP contribution >= 0.6 is 11.8 Å². The number of hydrogen-bond donors (Lipinski definition) is 4. The van der Waals surface area contributed by atoms with Crippen molar-refractivity contribution in [2.45, 2.75) is 69.7 Å². The molecule has 0 aliphatic carbocycles. The topological polar surface area (TPSA) is 147 Å². The van der Waals surface area contributed by atoms with Gasteiger partial charge in [-0.3, -0.25) is 9.59 Å². The Balaban J connectivity index is 1.47. The van der Waals surface area contributed by atoms with Gasteiger partial charge in [0.15, 0.2) is 6.29 Å². The van der Waals surface area contributed by atoms with Crippen LogP contribution in [0.3, 0.4) is 0 Å². The van der Waals surface area contributed by atoms with Crippen LogP contribution in [0.1, 0.15) is 79.0 Å². The lowest BCUT2D eigenvalue weighted by Gasteiger charge is -2.41. The molecule has 1 aliphatic heterocycles. The Hall–Kier alpha value is -3.77.